The van der Waals surface area contributed by atoms with E-state index in [1.807, 2.05) is 55.8 Å². The number of thiazole rings is 1. The summed E-state index contributed by atoms with van der Waals surface area (Å²) >= 11 is 1.46. The first kappa shape index (κ1) is 18.2. The van der Waals surface area contributed by atoms with E-state index in [4.69, 9.17) is 9.47 Å². The zero-order valence-electron chi connectivity index (χ0n) is 15.6. The number of rotatable bonds is 4. The second-order valence-electron chi connectivity index (χ2n) is 6.23. The summed E-state index contributed by atoms with van der Waals surface area (Å²) < 4.78 is 13.6. The second-order valence-corrected chi connectivity index (χ2v) is 7.24. The summed E-state index contributed by atoms with van der Waals surface area (Å²) in [4.78, 5) is 17.5. The highest BCUT2D eigenvalue weighted by atomic mass is 32.1. The molecule has 2 aromatic carbocycles. The standard InChI is InChI=1S/C20H22N2O3S/c1-12-6-7-13(2)14(8-12)9-19(23)21-20-22(3)15-10-16(24-4)17(25-5)11-18(15)26-20/h6-8,10-11H,9H2,1-5H3. The van der Waals surface area contributed by atoms with Crippen molar-refractivity contribution in [2.45, 2.75) is 20.3 Å². The van der Waals surface area contributed by atoms with Gasteiger partial charge in [0.25, 0.3) is 5.91 Å². The van der Waals surface area contributed by atoms with Gasteiger partial charge in [-0.05, 0) is 25.0 Å². The second kappa shape index (κ2) is 7.33. The molecule has 0 saturated carbocycles. The molecule has 5 nitrogen and oxygen atoms in total. The lowest BCUT2D eigenvalue weighted by Crippen LogP contribution is -2.14. The van der Waals surface area contributed by atoms with E-state index in [-0.39, 0.29) is 5.91 Å². The number of methoxy groups -OCH3 is 2. The van der Waals surface area contributed by atoms with Crippen molar-refractivity contribution in [2.75, 3.05) is 14.2 Å². The molecule has 0 aliphatic heterocycles. The van der Waals surface area contributed by atoms with Crippen LogP contribution in [0.4, 0.5) is 0 Å². The maximum atomic E-state index is 12.5. The Bertz CT molecular complexity index is 1050. The minimum absolute atomic E-state index is 0.153. The van der Waals surface area contributed by atoms with Gasteiger partial charge in [-0.1, -0.05) is 35.1 Å². The van der Waals surface area contributed by atoms with Crippen molar-refractivity contribution in [3.05, 3.63) is 51.8 Å². The summed E-state index contributed by atoms with van der Waals surface area (Å²) in [6.07, 6.45) is 0.300. The van der Waals surface area contributed by atoms with Crippen LogP contribution in [0, 0.1) is 13.8 Å². The third-order valence-electron chi connectivity index (χ3n) is 4.38. The molecular formula is C20H22N2O3S. The number of aromatic nitrogens is 1. The van der Waals surface area contributed by atoms with E-state index in [1.54, 1.807) is 14.2 Å². The fourth-order valence-corrected chi connectivity index (χ4v) is 3.91. The number of carbonyl (C=O) groups excluding carboxylic acids is 1. The van der Waals surface area contributed by atoms with Crippen LogP contribution < -0.4 is 14.3 Å². The summed E-state index contributed by atoms with van der Waals surface area (Å²) in [5, 5.41) is 0. The number of benzene rings is 2. The Balaban J connectivity index is 2.00. The zero-order valence-corrected chi connectivity index (χ0v) is 16.4. The Labute approximate surface area is 156 Å². The fourth-order valence-electron chi connectivity index (χ4n) is 2.86. The first-order chi connectivity index (χ1) is 12.4. The third-order valence-corrected chi connectivity index (χ3v) is 5.48. The predicted molar refractivity (Wildman–Crippen MR) is 104 cm³/mol. The Morgan fingerprint density at radius 3 is 2.50 bits per heavy atom. The van der Waals surface area contributed by atoms with Gasteiger partial charge in [-0.25, -0.2) is 0 Å². The monoisotopic (exact) mass is 370 g/mol. The summed E-state index contributed by atoms with van der Waals surface area (Å²) in [6.45, 7) is 4.04. The minimum atomic E-state index is -0.153. The molecule has 0 unspecified atom stereocenters. The molecule has 0 N–H and O–H groups in total. The number of hydrogen-bond donors (Lipinski definition) is 0. The van der Waals surface area contributed by atoms with E-state index in [1.165, 1.54) is 11.3 Å². The Morgan fingerprint density at radius 1 is 1.12 bits per heavy atom. The first-order valence-corrected chi connectivity index (χ1v) is 9.10. The van der Waals surface area contributed by atoms with Gasteiger partial charge in [0, 0.05) is 19.2 Å². The van der Waals surface area contributed by atoms with Crippen LogP contribution in [0.3, 0.4) is 0 Å². The van der Waals surface area contributed by atoms with Crippen LogP contribution in [0.25, 0.3) is 10.2 Å². The number of amides is 1. The lowest BCUT2D eigenvalue weighted by molar-refractivity contribution is -0.117. The van der Waals surface area contributed by atoms with E-state index in [2.05, 4.69) is 4.99 Å². The Kier molecular flexibility index (Phi) is 5.13. The minimum Gasteiger partial charge on any atom is -0.493 e. The van der Waals surface area contributed by atoms with Crippen LogP contribution in [-0.2, 0) is 18.3 Å². The van der Waals surface area contributed by atoms with E-state index < -0.39 is 0 Å². The molecule has 0 saturated heterocycles. The maximum absolute atomic E-state index is 12.5. The van der Waals surface area contributed by atoms with Gasteiger partial charge in [-0.2, -0.15) is 4.99 Å². The SMILES string of the molecule is COc1cc2sc(=NC(=O)Cc3cc(C)ccc3C)n(C)c2cc1OC. The molecule has 1 amide bonds. The Morgan fingerprint density at radius 2 is 1.81 bits per heavy atom. The number of fused-ring (bicyclic) bond motifs is 1. The van der Waals surface area contributed by atoms with E-state index in [9.17, 15) is 4.79 Å². The fraction of sp³-hybridized carbons (Fsp3) is 0.300. The van der Waals surface area contributed by atoms with Crippen LogP contribution in [0.2, 0.25) is 0 Å². The molecule has 0 bridgehead atoms. The smallest absolute Gasteiger partial charge is 0.252 e. The van der Waals surface area contributed by atoms with Gasteiger partial charge in [0.15, 0.2) is 16.3 Å². The Hall–Kier alpha value is -2.60. The molecule has 26 heavy (non-hydrogen) atoms. The van der Waals surface area contributed by atoms with Crippen LogP contribution in [0.1, 0.15) is 16.7 Å². The van der Waals surface area contributed by atoms with Gasteiger partial charge >= 0.3 is 0 Å². The molecule has 136 valence electrons. The van der Waals surface area contributed by atoms with Crippen molar-refractivity contribution in [3.8, 4) is 11.5 Å². The van der Waals surface area contributed by atoms with Crippen LogP contribution in [-0.4, -0.2) is 24.7 Å². The van der Waals surface area contributed by atoms with E-state index in [0.29, 0.717) is 22.7 Å². The van der Waals surface area contributed by atoms with Gasteiger partial charge in [0.05, 0.1) is 30.9 Å². The molecule has 1 aromatic heterocycles. The normalized spacial score (nSPS) is 11.8. The molecule has 0 spiro atoms. The molecule has 1 heterocycles. The largest absolute Gasteiger partial charge is 0.493 e. The maximum Gasteiger partial charge on any atom is 0.252 e. The van der Waals surface area contributed by atoms with E-state index >= 15 is 0 Å². The molecule has 3 aromatic rings. The van der Waals surface area contributed by atoms with Crippen molar-refractivity contribution < 1.29 is 14.3 Å². The van der Waals surface area contributed by atoms with Crippen molar-refractivity contribution >= 4 is 27.5 Å². The molecular weight excluding hydrogens is 348 g/mol. The van der Waals surface area contributed by atoms with E-state index in [0.717, 1.165) is 26.9 Å². The number of ether oxygens (including phenoxy) is 2. The molecule has 3 rings (SSSR count). The first-order valence-electron chi connectivity index (χ1n) is 8.28. The summed E-state index contributed by atoms with van der Waals surface area (Å²) in [5.74, 6) is 1.16. The molecule has 0 aliphatic rings. The topological polar surface area (TPSA) is 52.8 Å². The highest BCUT2D eigenvalue weighted by Gasteiger charge is 2.12. The van der Waals surface area contributed by atoms with Crippen LogP contribution >= 0.6 is 11.3 Å². The van der Waals surface area contributed by atoms with Gasteiger partial charge < -0.3 is 14.0 Å². The number of carbonyl (C=O) groups is 1. The third kappa shape index (κ3) is 3.51. The van der Waals surface area contributed by atoms with Crippen molar-refractivity contribution in [1.82, 2.24) is 4.57 Å². The number of aryl methyl sites for hydroxylation is 3. The van der Waals surface area contributed by atoms with Gasteiger partial charge in [0.1, 0.15) is 0 Å². The lowest BCUT2D eigenvalue weighted by Gasteiger charge is -2.07. The lowest BCUT2D eigenvalue weighted by atomic mass is 10.0. The molecule has 0 atom stereocenters. The predicted octanol–water partition coefficient (Wildman–Crippen LogP) is 3.54. The van der Waals surface area contributed by atoms with Gasteiger partial charge in [-0.15, -0.1) is 0 Å². The van der Waals surface area contributed by atoms with Crippen molar-refractivity contribution in [1.29, 1.82) is 0 Å². The summed E-state index contributed by atoms with van der Waals surface area (Å²) in [5.41, 5.74) is 4.22. The molecule has 0 fully saturated rings. The highest BCUT2D eigenvalue weighted by molar-refractivity contribution is 7.16. The van der Waals surface area contributed by atoms with Crippen molar-refractivity contribution in [3.63, 3.8) is 0 Å². The summed E-state index contributed by atoms with van der Waals surface area (Å²) in [7, 11) is 5.11. The van der Waals surface area contributed by atoms with Gasteiger partial charge in [-0.3, -0.25) is 4.79 Å². The molecule has 0 aliphatic carbocycles. The van der Waals surface area contributed by atoms with Crippen molar-refractivity contribution in [2.24, 2.45) is 12.0 Å². The summed E-state index contributed by atoms with van der Waals surface area (Å²) in [6, 6.07) is 9.94. The average molecular weight is 370 g/mol. The highest BCUT2D eigenvalue weighted by Crippen LogP contribution is 2.33. The number of hydrogen-bond acceptors (Lipinski definition) is 4. The molecule has 6 heteroatoms. The van der Waals surface area contributed by atoms with Crippen LogP contribution in [0.15, 0.2) is 35.3 Å². The quantitative estimate of drug-likeness (QED) is 0.706. The number of nitrogens with zero attached hydrogens (tertiary/aromatic N) is 2. The van der Waals surface area contributed by atoms with Gasteiger partial charge in [0.2, 0.25) is 0 Å². The molecule has 0 radical (unpaired) electrons. The zero-order chi connectivity index (χ0) is 18.8. The average Bonchev–Trinajstić information content (AvgIpc) is 2.91. The van der Waals surface area contributed by atoms with Crippen LogP contribution in [0.5, 0.6) is 11.5 Å².